The van der Waals surface area contributed by atoms with Gasteiger partial charge < -0.3 is 10.8 Å². The third-order valence-electron chi connectivity index (χ3n) is 3.52. The summed E-state index contributed by atoms with van der Waals surface area (Å²) in [6, 6.07) is 1.81. The molecule has 94 valence electrons. The van der Waals surface area contributed by atoms with E-state index in [9.17, 15) is 5.11 Å². The van der Waals surface area contributed by atoms with E-state index in [-0.39, 0.29) is 0 Å². The summed E-state index contributed by atoms with van der Waals surface area (Å²) in [4.78, 5) is 8.33. The van der Waals surface area contributed by atoms with Gasteiger partial charge in [-0.3, -0.25) is 0 Å². The first-order valence-corrected chi connectivity index (χ1v) is 7.05. The molecule has 1 aliphatic carbocycles. The van der Waals surface area contributed by atoms with Gasteiger partial charge in [-0.25, -0.2) is 9.97 Å². The summed E-state index contributed by atoms with van der Waals surface area (Å²) in [6.07, 6.45) is 7.51. The Bertz CT molecular complexity index is 349. The number of aromatic nitrogens is 2. The molecule has 2 atom stereocenters. The zero-order chi connectivity index (χ0) is 12.1. The first kappa shape index (κ1) is 12.8. The first-order chi connectivity index (χ1) is 8.24. The van der Waals surface area contributed by atoms with Gasteiger partial charge in [0, 0.05) is 24.7 Å². The molecular formula is C12H19N3OS. The number of nitrogens with two attached hydrogens (primary N) is 1. The molecule has 0 aliphatic heterocycles. The average molecular weight is 253 g/mol. The molecule has 17 heavy (non-hydrogen) atoms. The molecule has 1 heterocycles. The van der Waals surface area contributed by atoms with Gasteiger partial charge in [-0.15, -0.1) is 0 Å². The standard InChI is InChI=1S/C12H19N3OS/c13-9-12(16)5-1-3-10(12)4-8-17-11-14-6-2-7-15-11/h2,6-7,10,16H,1,3-5,8-9,13H2. The zero-order valence-electron chi connectivity index (χ0n) is 9.88. The summed E-state index contributed by atoms with van der Waals surface area (Å²) in [5.41, 5.74) is 5.03. The molecule has 0 saturated heterocycles. The summed E-state index contributed by atoms with van der Waals surface area (Å²) in [6.45, 7) is 0.379. The average Bonchev–Trinajstić information content (AvgIpc) is 2.73. The van der Waals surface area contributed by atoms with Gasteiger partial charge in [-0.2, -0.15) is 0 Å². The Morgan fingerprint density at radius 1 is 1.47 bits per heavy atom. The molecule has 1 aromatic rings. The summed E-state index contributed by atoms with van der Waals surface area (Å²) in [5.74, 6) is 1.28. The second-order valence-corrected chi connectivity index (χ2v) is 5.63. The van der Waals surface area contributed by atoms with Crippen LogP contribution in [0.2, 0.25) is 0 Å². The van der Waals surface area contributed by atoms with Crippen molar-refractivity contribution in [2.45, 2.75) is 36.4 Å². The predicted molar refractivity (Wildman–Crippen MR) is 68.7 cm³/mol. The highest BCUT2D eigenvalue weighted by atomic mass is 32.2. The number of nitrogens with zero attached hydrogens (tertiary/aromatic N) is 2. The molecule has 1 fully saturated rings. The highest BCUT2D eigenvalue weighted by Crippen LogP contribution is 2.38. The minimum atomic E-state index is -0.627. The lowest BCUT2D eigenvalue weighted by Gasteiger charge is -2.28. The van der Waals surface area contributed by atoms with E-state index >= 15 is 0 Å². The van der Waals surface area contributed by atoms with Crippen molar-refractivity contribution in [3.8, 4) is 0 Å². The number of aliphatic hydroxyl groups is 1. The van der Waals surface area contributed by atoms with Crippen LogP contribution in [0.4, 0.5) is 0 Å². The van der Waals surface area contributed by atoms with Crippen LogP contribution in [0.3, 0.4) is 0 Å². The van der Waals surface area contributed by atoms with Gasteiger partial charge in [0.1, 0.15) is 0 Å². The van der Waals surface area contributed by atoms with Crippen LogP contribution in [-0.4, -0.2) is 33.0 Å². The molecule has 1 saturated carbocycles. The maximum absolute atomic E-state index is 10.3. The summed E-state index contributed by atoms with van der Waals surface area (Å²) >= 11 is 1.64. The van der Waals surface area contributed by atoms with Crippen LogP contribution in [0.25, 0.3) is 0 Å². The fourth-order valence-corrected chi connectivity index (χ4v) is 3.32. The lowest BCUT2D eigenvalue weighted by Crippen LogP contribution is -2.41. The highest BCUT2D eigenvalue weighted by molar-refractivity contribution is 7.99. The maximum atomic E-state index is 10.3. The van der Waals surface area contributed by atoms with Crippen LogP contribution in [0.15, 0.2) is 23.6 Å². The molecule has 0 radical (unpaired) electrons. The third-order valence-corrected chi connectivity index (χ3v) is 4.42. The predicted octanol–water partition coefficient (Wildman–Crippen LogP) is 1.45. The van der Waals surface area contributed by atoms with Crippen LogP contribution >= 0.6 is 11.8 Å². The largest absolute Gasteiger partial charge is 0.388 e. The lowest BCUT2D eigenvalue weighted by molar-refractivity contribution is 0.0103. The molecule has 2 rings (SSSR count). The highest BCUT2D eigenvalue weighted by Gasteiger charge is 2.39. The summed E-state index contributed by atoms with van der Waals surface area (Å²) < 4.78 is 0. The Hall–Kier alpha value is -0.650. The van der Waals surface area contributed by atoms with Crippen molar-refractivity contribution in [2.24, 2.45) is 11.7 Å². The van der Waals surface area contributed by atoms with Crippen molar-refractivity contribution < 1.29 is 5.11 Å². The van der Waals surface area contributed by atoms with Crippen molar-refractivity contribution in [1.29, 1.82) is 0 Å². The van der Waals surface area contributed by atoms with E-state index in [4.69, 9.17) is 5.73 Å². The van der Waals surface area contributed by atoms with Gasteiger partial charge >= 0.3 is 0 Å². The number of rotatable bonds is 5. The third kappa shape index (κ3) is 3.18. The van der Waals surface area contributed by atoms with Gasteiger partial charge in [-0.1, -0.05) is 18.2 Å². The molecule has 2 unspecified atom stereocenters. The zero-order valence-corrected chi connectivity index (χ0v) is 10.7. The minimum absolute atomic E-state index is 0.337. The molecular weight excluding hydrogens is 234 g/mol. The molecule has 0 spiro atoms. The van der Waals surface area contributed by atoms with Crippen molar-refractivity contribution in [1.82, 2.24) is 9.97 Å². The van der Waals surface area contributed by atoms with Crippen LogP contribution in [0.5, 0.6) is 0 Å². The Labute approximate surface area is 106 Å². The van der Waals surface area contributed by atoms with Crippen LogP contribution in [-0.2, 0) is 0 Å². The quantitative estimate of drug-likeness (QED) is 0.614. The van der Waals surface area contributed by atoms with E-state index in [1.807, 2.05) is 6.07 Å². The van der Waals surface area contributed by atoms with Crippen molar-refractivity contribution >= 4 is 11.8 Å². The van der Waals surface area contributed by atoms with Crippen LogP contribution < -0.4 is 5.73 Å². The smallest absolute Gasteiger partial charge is 0.187 e. The van der Waals surface area contributed by atoms with Crippen LogP contribution in [0, 0.1) is 5.92 Å². The van der Waals surface area contributed by atoms with E-state index < -0.39 is 5.60 Å². The molecule has 0 amide bonds. The number of hydrogen-bond donors (Lipinski definition) is 2. The molecule has 4 nitrogen and oxygen atoms in total. The normalized spacial score (nSPS) is 28.5. The Balaban J connectivity index is 1.79. The lowest BCUT2D eigenvalue weighted by atomic mass is 9.89. The molecule has 0 bridgehead atoms. The summed E-state index contributed by atoms with van der Waals surface area (Å²) in [5, 5.41) is 11.1. The van der Waals surface area contributed by atoms with Crippen LogP contribution in [0.1, 0.15) is 25.7 Å². The second-order valence-electron chi connectivity index (χ2n) is 4.57. The second kappa shape index (κ2) is 5.80. The maximum Gasteiger partial charge on any atom is 0.187 e. The Kier molecular flexibility index (Phi) is 4.36. The number of thioether (sulfide) groups is 1. The molecule has 1 aromatic heterocycles. The van der Waals surface area contributed by atoms with Gasteiger partial charge in [0.05, 0.1) is 5.60 Å². The topological polar surface area (TPSA) is 72.0 Å². The molecule has 5 heteroatoms. The minimum Gasteiger partial charge on any atom is -0.388 e. The monoisotopic (exact) mass is 253 g/mol. The van der Waals surface area contributed by atoms with E-state index in [1.165, 1.54) is 0 Å². The number of hydrogen-bond acceptors (Lipinski definition) is 5. The van der Waals surface area contributed by atoms with Gasteiger partial charge in [0.25, 0.3) is 0 Å². The van der Waals surface area contributed by atoms with E-state index in [0.29, 0.717) is 12.5 Å². The first-order valence-electron chi connectivity index (χ1n) is 6.07. The Morgan fingerprint density at radius 3 is 2.94 bits per heavy atom. The van der Waals surface area contributed by atoms with Crippen molar-refractivity contribution in [2.75, 3.05) is 12.3 Å². The molecule has 3 N–H and O–H groups in total. The van der Waals surface area contributed by atoms with E-state index in [2.05, 4.69) is 9.97 Å². The fourth-order valence-electron chi connectivity index (χ4n) is 2.46. The van der Waals surface area contributed by atoms with Crippen molar-refractivity contribution in [3.63, 3.8) is 0 Å². The van der Waals surface area contributed by atoms with Gasteiger partial charge in [0.2, 0.25) is 0 Å². The van der Waals surface area contributed by atoms with Gasteiger partial charge in [0.15, 0.2) is 5.16 Å². The molecule has 0 aromatic carbocycles. The SMILES string of the molecule is NCC1(O)CCCC1CCSc1ncccn1. The van der Waals surface area contributed by atoms with E-state index in [1.54, 1.807) is 24.2 Å². The fraction of sp³-hybridized carbons (Fsp3) is 0.667. The van der Waals surface area contributed by atoms with Gasteiger partial charge in [-0.05, 0) is 31.2 Å². The summed E-state index contributed by atoms with van der Waals surface area (Å²) in [7, 11) is 0. The molecule has 1 aliphatic rings. The van der Waals surface area contributed by atoms with E-state index in [0.717, 1.165) is 36.6 Å². The Morgan fingerprint density at radius 2 is 2.24 bits per heavy atom. The van der Waals surface area contributed by atoms with Crippen molar-refractivity contribution in [3.05, 3.63) is 18.5 Å².